The number of hydrogen-bond acceptors (Lipinski definition) is 6. The molecule has 1 fully saturated rings. The van der Waals surface area contributed by atoms with Gasteiger partial charge in [0, 0.05) is 28.4 Å². The number of ether oxygens (including phenoxy) is 1. The van der Waals surface area contributed by atoms with E-state index >= 15 is 0 Å². The molecule has 2 aromatic carbocycles. The third kappa shape index (κ3) is 3.29. The zero-order valence-electron chi connectivity index (χ0n) is 13.8. The minimum Gasteiger partial charge on any atom is -0.497 e. The molecule has 138 valence electrons. The van der Waals surface area contributed by atoms with Gasteiger partial charge in [0.05, 0.1) is 23.8 Å². The van der Waals surface area contributed by atoms with Crippen molar-refractivity contribution in [1.82, 2.24) is 0 Å². The summed E-state index contributed by atoms with van der Waals surface area (Å²) in [6.45, 7) is 0. The van der Waals surface area contributed by atoms with Crippen LogP contribution in [0, 0.1) is 10.1 Å². The molecule has 0 spiro atoms. The van der Waals surface area contributed by atoms with Gasteiger partial charge >= 0.3 is 0 Å². The third-order valence-electron chi connectivity index (χ3n) is 4.01. The average molecular weight is 396 g/mol. The Hall–Kier alpha value is -2.46. The van der Waals surface area contributed by atoms with Crippen LogP contribution in [0.25, 0.3) is 0 Å². The molecule has 0 amide bonds. The summed E-state index contributed by atoms with van der Waals surface area (Å²) < 4.78 is 44.2. The highest BCUT2D eigenvalue weighted by atomic mass is 32.2. The van der Waals surface area contributed by atoms with Gasteiger partial charge in [-0.1, -0.05) is 12.1 Å². The fourth-order valence-electron chi connectivity index (χ4n) is 2.72. The Morgan fingerprint density at radius 1 is 1.15 bits per heavy atom. The number of benzene rings is 2. The normalized spacial score (nSPS) is 19.4. The second-order valence-corrected chi connectivity index (χ2v) is 8.98. The summed E-state index contributed by atoms with van der Waals surface area (Å²) in [5.74, 6) is 0.923. The number of para-hydroxylation sites is 1. The minimum atomic E-state index is -4.22. The summed E-state index contributed by atoms with van der Waals surface area (Å²) in [6.07, 6.45) is 0. The van der Waals surface area contributed by atoms with Crippen LogP contribution < -0.4 is 9.04 Å². The fourth-order valence-corrected chi connectivity index (χ4v) is 5.78. The molecule has 0 atom stereocenters. The summed E-state index contributed by atoms with van der Waals surface area (Å²) >= 11 is 0. The first-order chi connectivity index (χ1) is 12.3. The lowest BCUT2D eigenvalue weighted by Crippen LogP contribution is -2.53. The van der Waals surface area contributed by atoms with Crippen LogP contribution in [0.15, 0.2) is 53.4 Å². The molecule has 0 bridgehead atoms. The highest BCUT2D eigenvalue weighted by Crippen LogP contribution is 2.34. The van der Waals surface area contributed by atoms with Crippen LogP contribution in [0.3, 0.4) is 0 Å². The minimum absolute atomic E-state index is 0.186. The molecule has 3 rings (SSSR count). The van der Waals surface area contributed by atoms with Gasteiger partial charge in [0.1, 0.15) is 5.75 Å². The molecule has 8 nitrogen and oxygen atoms in total. The summed E-state index contributed by atoms with van der Waals surface area (Å²) in [5.41, 5.74) is -0.155. The summed E-state index contributed by atoms with van der Waals surface area (Å²) in [6, 6.07) is 11.0. The van der Waals surface area contributed by atoms with E-state index in [2.05, 4.69) is 0 Å². The molecular formula is C16H16N2O6S2. The third-order valence-corrected chi connectivity index (χ3v) is 7.45. The lowest BCUT2D eigenvalue weighted by atomic mass is 10.2. The monoisotopic (exact) mass is 396 g/mol. The van der Waals surface area contributed by atoms with Gasteiger partial charge in [-0.2, -0.15) is 0 Å². The zero-order valence-corrected chi connectivity index (χ0v) is 15.4. The van der Waals surface area contributed by atoms with Gasteiger partial charge in [-0.3, -0.25) is 18.6 Å². The Kier molecular flexibility index (Phi) is 4.97. The Bertz CT molecular complexity index is 951. The smallest absolute Gasteiger partial charge is 0.289 e. The Morgan fingerprint density at radius 3 is 2.31 bits per heavy atom. The van der Waals surface area contributed by atoms with Crippen LogP contribution in [-0.4, -0.2) is 42.2 Å². The number of methoxy groups -OCH3 is 1. The molecule has 0 unspecified atom stereocenters. The molecule has 1 aliphatic heterocycles. The predicted octanol–water partition coefficient (Wildman–Crippen LogP) is 1.93. The number of nitro groups is 1. The first kappa shape index (κ1) is 18.3. The largest absolute Gasteiger partial charge is 0.497 e. The number of rotatable bonds is 6. The van der Waals surface area contributed by atoms with Crippen molar-refractivity contribution in [3.8, 4) is 5.75 Å². The quantitative estimate of drug-likeness (QED) is 0.545. The standard InChI is InChI=1S/C16H16N2O6S2/c1-24-14-8-6-12(7-9-14)17(13-10-25(21)11-13)26(22,23)16-5-3-2-4-15(16)18(19)20/h2-9,13H,10-11H2,1H3. The van der Waals surface area contributed by atoms with Crippen LogP contribution >= 0.6 is 0 Å². The van der Waals surface area contributed by atoms with E-state index in [0.717, 1.165) is 10.4 Å². The molecule has 1 aliphatic rings. The molecule has 1 heterocycles. The van der Waals surface area contributed by atoms with Crippen molar-refractivity contribution in [2.75, 3.05) is 22.9 Å². The number of sulfonamides is 1. The maximum atomic E-state index is 13.2. The molecule has 0 aromatic heterocycles. The zero-order chi connectivity index (χ0) is 18.9. The first-order valence-corrected chi connectivity index (χ1v) is 10.5. The Labute approximate surface area is 153 Å². The highest BCUT2D eigenvalue weighted by molar-refractivity contribution is 7.93. The molecule has 0 aliphatic carbocycles. The first-order valence-electron chi connectivity index (χ1n) is 7.61. The van der Waals surface area contributed by atoms with Crippen molar-refractivity contribution in [2.45, 2.75) is 10.9 Å². The Balaban J connectivity index is 2.11. The van der Waals surface area contributed by atoms with Gasteiger partial charge in [-0.25, -0.2) is 8.42 Å². The van der Waals surface area contributed by atoms with Gasteiger partial charge in [0.2, 0.25) is 0 Å². The fraction of sp³-hybridized carbons (Fsp3) is 0.250. The van der Waals surface area contributed by atoms with Crippen molar-refractivity contribution in [3.63, 3.8) is 0 Å². The lowest BCUT2D eigenvalue weighted by molar-refractivity contribution is -0.387. The summed E-state index contributed by atoms with van der Waals surface area (Å²) in [5, 5.41) is 11.3. The number of hydrogen-bond donors (Lipinski definition) is 0. The van der Waals surface area contributed by atoms with Gasteiger partial charge in [-0.15, -0.1) is 0 Å². The van der Waals surface area contributed by atoms with Crippen molar-refractivity contribution in [2.24, 2.45) is 0 Å². The van der Waals surface area contributed by atoms with E-state index in [1.807, 2.05) is 0 Å². The van der Waals surface area contributed by atoms with Gasteiger partial charge in [0.15, 0.2) is 4.90 Å². The van der Waals surface area contributed by atoms with Crippen LogP contribution in [0.2, 0.25) is 0 Å². The van der Waals surface area contributed by atoms with E-state index in [0.29, 0.717) is 11.4 Å². The highest BCUT2D eigenvalue weighted by Gasteiger charge is 2.41. The van der Waals surface area contributed by atoms with Gasteiger partial charge < -0.3 is 4.74 Å². The van der Waals surface area contributed by atoms with E-state index < -0.39 is 42.4 Å². The van der Waals surface area contributed by atoms with Crippen molar-refractivity contribution < 1.29 is 22.3 Å². The van der Waals surface area contributed by atoms with E-state index in [9.17, 15) is 22.7 Å². The molecule has 0 N–H and O–H groups in total. The van der Waals surface area contributed by atoms with E-state index in [1.165, 1.54) is 25.3 Å². The molecule has 2 aromatic rings. The molecular weight excluding hydrogens is 380 g/mol. The number of nitro benzene ring substituents is 1. The van der Waals surface area contributed by atoms with E-state index in [1.54, 1.807) is 24.3 Å². The number of nitrogens with zero attached hydrogens (tertiary/aromatic N) is 2. The van der Waals surface area contributed by atoms with Crippen LogP contribution in [0.1, 0.15) is 0 Å². The topological polar surface area (TPSA) is 107 Å². The van der Waals surface area contributed by atoms with Crippen molar-refractivity contribution in [3.05, 3.63) is 58.6 Å². The molecule has 10 heteroatoms. The molecule has 26 heavy (non-hydrogen) atoms. The second kappa shape index (κ2) is 7.04. The average Bonchev–Trinajstić information content (AvgIpc) is 2.61. The van der Waals surface area contributed by atoms with Crippen LogP contribution in [0.5, 0.6) is 5.75 Å². The Morgan fingerprint density at radius 2 is 1.77 bits per heavy atom. The van der Waals surface area contributed by atoms with Crippen LogP contribution in [-0.2, 0) is 20.8 Å². The maximum absolute atomic E-state index is 13.2. The van der Waals surface area contributed by atoms with Crippen molar-refractivity contribution in [1.29, 1.82) is 0 Å². The van der Waals surface area contributed by atoms with Crippen molar-refractivity contribution >= 4 is 32.2 Å². The maximum Gasteiger partial charge on any atom is 0.289 e. The summed E-state index contributed by atoms with van der Waals surface area (Å²) in [7, 11) is -3.82. The van der Waals surface area contributed by atoms with E-state index in [4.69, 9.17) is 4.74 Å². The van der Waals surface area contributed by atoms with E-state index in [-0.39, 0.29) is 11.5 Å². The number of anilines is 1. The predicted molar refractivity (Wildman–Crippen MR) is 97.4 cm³/mol. The second-order valence-electron chi connectivity index (χ2n) is 5.65. The van der Waals surface area contributed by atoms with Gasteiger partial charge in [-0.05, 0) is 30.3 Å². The lowest BCUT2D eigenvalue weighted by Gasteiger charge is -2.37. The SMILES string of the molecule is COc1ccc(N(C2CS(=O)C2)S(=O)(=O)c2ccccc2[N+](=O)[O-])cc1. The molecule has 0 saturated carbocycles. The summed E-state index contributed by atoms with van der Waals surface area (Å²) in [4.78, 5) is 10.2. The molecule has 1 saturated heterocycles. The molecule has 0 radical (unpaired) electrons. The van der Waals surface area contributed by atoms with Crippen LogP contribution in [0.4, 0.5) is 11.4 Å². The van der Waals surface area contributed by atoms with Gasteiger partial charge in [0.25, 0.3) is 15.7 Å².